The average molecular weight is 507 g/mol. The van der Waals surface area contributed by atoms with E-state index in [2.05, 4.69) is 40.4 Å². The summed E-state index contributed by atoms with van der Waals surface area (Å²) in [5.74, 6) is 1.15. The fourth-order valence-corrected chi connectivity index (χ4v) is 3.60. The van der Waals surface area contributed by atoms with E-state index in [-0.39, 0.29) is 17.1 Å². The number of halogens is 1. The molecule has 1 fully saturated rings. The van der Waals surface area contributed by atoms with Crippen molar-refractivity contribution in [2.45, 2.75) is 32.8 Å². The van der Waals surface area contributed by atoms with Crippen LogP contribution in [0, 0.1) is 5.92 Å². The standard InChI is InChI=1S/C23H27BrN2O4S/c1-15(2)13-29-20-10-9-16(24)12-18(20)22(27)26-23(31)25-19-7-3-4-8-21(19)30-14-17-6-5-11-28-17/h3-4,7-10,12,15,17H,5-6,11,13-14H2,1-2H3,(H2,25,26,27,31). The Morgan fingerprint density at radius 3 is 2.77 bits per heavy atom. The molecule has 0 saturated carbocycles. The van der Waals surface area contributed by atoms with E-state index >= 15 is 0 Å². The minimum atomic E-state index is -0.352. The van der Waals surface area contributed by atoms with Crippen LogP contribution in [0.25, 0.3) is 0 Å². The summed E-state index contributed by atoms with van der Waals surface area (Å²) < 4.78 is 18.1. The second-order valence-electron chi connectivity index (χ2n) is 7.70. The van der Waals surface area contributed by atoms with E-state index in [9.17, 15) is 4.79 Å². The SMILES string of the molecule is CC(C)COc1ccc(Br)cc1C(=O)NC(=S)Nc1ccccc1OCC1CCCO1. The number of carbonyl (C=O) groups is 1. The monoisotopic (exact) mass is 506 g/mol. The molecule has 1 atom stereocenters. The van der Waals surface area contributed by atoms with Gasteiger partial charge in [-0.2, -0.15) is 0 Å². The van der Waals surface area contributed by atoms with E-state index in [0.717, 1.165) is 23.9 Å². The lowest BCUT2D eigenvalue weighted by Crippen LogP contribution is -2.34. The van der Waals surface area contributed by atoms with Crippen molar-refractivity contribution in [1.82, 2.24) is 5.32 Å². The van der Waals surface area contributed by atoms with Crippen LogP contribution in [0.5, 0.6) is 11.5 Å². The van der Waals surface area contributed by atoms with Crippen molar-refractivity contribution in [2.75, 3.05) is 25.1 Å². The van der Waals surface area contributed by atoms with Gasteiger partial charge in [-0.3, -0.25) is 10.1 Å². The predicted molar refractivity (Wildman–Crippen MR) is 129 cm³/mol. The van der Waals surface area contributed by atoms with Crippen LogP contribution in [0.15, 0.2) is 46.9 Å². The molecule has 0 radical (unpaired) electrons. The number of rotatable bonds is 8. The number of hydrogen-bond donors (Lipinski definition) is 2. The maximum absolute atomic E-state index is 12.9. The molecule has 166 valence electrons. The summed E-state index contributed by atoms with van der Waals surface area (Å²) in [5.41, 5.74) is 1.08. The van der Waals surface area contributed by atoms with Crippen LogP contribution in [0.1, 0.15) is 37.0 Å². The Morgan fingerprint density at radius 2 is 2.03 bits per heavy atom. The lowest BCUT2D eigenvalue weighted by molar-refractivity contribution is 0.0682. The quantitative estimate of drug-likeness (QED) is 0.481. The van der Waals surface area contributed by atoms with Gasteiger partial charge in [0.15, 0.2) is 5.11 Å². The third-order valence-corrected chi connectivity index (χ3v) is 5.27. The first-order chi connectivity index (χ1) is 14.9. The number of hydrogen-bond acceptors (Lipinski definition) is 5. The second-order valence-corrected chi connectivity index (χ2v) is 9.02. The third-order valence-electron chi connectivity index (χ3n) is 4.57. The normalized spacial score (nSPS) is 15.5. The highest BCUT2D eigenvalue weighted by Crippen LogP contribution is 2.26. The van der Waals surface area contributed by atoms with Crippen molar-refractivity contribution in [3.8, 4) is 11.5 Å². The zero-order valence-corrected chi connectivity index (χ0v) is 20.1. The molecule has 0 aliphatic carbocycles. The van der Waals surface area contributed by atoms with Crippen LogP contribution in [0.2, 0.25) is 0 Å². The summed E-state index contributed by atoms with van der Waals surface area (Å²) in [6.07, 6.45) is 2.17. The van der Waals surface area contributed by atoms with Crippen LogP contribution in [0.3, 0.4) is 0 Å². The number of carbonyl (C=O) groups excluding carboxylic acids is 1. The van der Waals surface area contributed by atoms with Gasteiger partial charge in [0, 0.05) is 11.1 Å². The maximum atomic E-state index is 12.9. The Bertz CT molecular complexity index is 916. The molecule has 2 N–H and O–H groups in total. The van der Waals surface area contributed by atoms with Gasteiger partial charge in [0.2, 0.25) is 0 Å². The Balaban J connectivity index is 1.63. The molecule has 3 rings (SSSR count). The van der Waals surface area contributed by atoms with Crippen LogP contribution in [-0.4, -0.2) is 36.9 Å². The lowest BCUT2D eigenvalue weighted by Gasteiger charge is -2.17. The molecular formula is C23H27BrN2O4S. The topological polar surface area (TPSA) is 68.8 Å². The number of para-hydroxylation sites is 2. The fraction of sp³-hybridized carbons (Fsp3) is 0.391. The van der Waals surface area contributed by atoms with Crippen molar-refractivity contribution in [3.05, 3.63) is 52.5 Å². The summed E-state index contributed by atoms with van der Waals surface area (Å²) in [5, 5.41) is 5.95. The van der Waals surface area contributed by atoms with Crippen molar-refractivity contribution in [2.24, 2.45) is 5.92 Å². The molecule has 8 heteroatoms. The molecule has 31 heavy (non-hydrogen) atoms. The highest BCUT2D eigenvalue weighted by molar-refractivity contribution is 9.10. The zero-order chi connectivity index (χ0) is 22.2. The van der Waals surface area contributed by atoms with Gasteiger partial charge >= 0.3 is 0 Å². The average Bonchev–Trinajstić information content (AvgIpc) is 3.25. The molecule has 1 aliphatic rings. The Labute approximate surface area is 196 Å². The van der Waals surface area contributed by atoms with Crippen molar-refractivity contribution in [3.63, 3.8) is 0 Å². The molecule has 0 aromatic heterocycles. The van der Waals surface area contributed by atoms with E-state index in [1.807, 2.05) is 30.3 Å². The summed E-state index contributed by atoms with van der Waals surface area (Å²) in [6.45, 7) is 5.88. The second kappa shape index (κ2) is 11.5. The zero-order valence-electron chi connectivity index (χ0n) is 17.7. The fourth-order valence-electron chi connectivity index (χ4n) is 3.04. The van der Waals surface area contributed by atoms with E-state index in [1.165, 1.54) is 0 Å². The van der Waals surface area contributed by atoms with Gasteiger partial charge in [-0.15, -0.1) is 0 Å². The first-order valence-corrected chi connectivity index (χ1v) is 11.5. The van der Waals surface area contributed by atoms with E-state index < -0.39 is 0 Å². The van der Waals surface area contributed by atoms with Crippen LogP contribution < -0.4 is 20.1 Å². The van der Waals surface area contributed by atoms with Gasteiger partial charge in [-0.25, -0.2) is 0 Å². The van der Waals surface area contributed by atoms with Gasteiger partial charge < -0.3 is 19.5 Å². The molecule has 1 amide bonds. The maximum Gasteiger partial charge on any atom is 0.261 e. The molecular weight excluding hydrogens is 480 g/mol. The highest BCUT2D eigenvalue weighted by atomic mass is 79.9. The van der Waals surface area contributed by atoms with Crippen LogP contribution in [-0.2, 0) is 4.74 Å². The summed E-state index contributed by atoms with van der Waals surface area (Å²) >= 11 is 8.78. The van der Waals surface area contributed by atoms with Crippen LogP contribution in [0.4, 0.5) is 5.69 Å². The first kappa shape index (κ1) is 23.5. The van der Waals surface area contributed by atoms with Gasteiger partial charge in [-0.1, -0.05) is 41.9 Å². The molecule has 1 saturated heterocycles. The lowest BCUT2D eigenvalue weighted by atomic mass is 10.2. The molecule has 0 bridgehead atoms. The van der Waals surface area contributed by atoms with Gasteiger partial charge in [-0.05, 0) is 61.3 Å². The Hall–Kier alpha value is -2.16. The van der Waals surface area contributed by atoms with Gasteiger partial charge in [0.25, 0.3) is 5.91 Å². The van der Waals surface area contributed by atoms with E-state index in [0.29, 0.717) is 41.9 Å². The number of anilines is 1. The smallest absolute Gasteiger partial charge is 0.261 e. The minimum absolute atomic E-state index is 0.112. The Kier molecular flexibility index (Phi) is 8.69. The van der Waals surface area contributed by atoms with Crippen LogP contribution >= 0.6 is 28.1 Å². The van der Waals surface area contributed by atoms with Gasteiger partial charge in [0.05, 0.1) is 24.0 Å². The van der Waals surface area contributed by atoms with Crippen molar-refractivity contribution in [1.29, 1.82) is 0 Å². The number of amides is 1. The summed E-state index contributed by atoms with van der Waals surface area (Å²) in [7, 11) is 0. The summed E-state index contributed by atoms with van der Waals surface area (Å²) in [6, 6.07) is 12.8. The third kappa shape index (κ3) is 7.19. The van der Waals surface area contributed by atoms with E-state index in [4.69, 9.17) is 26.4 Å². The first-order valence-electron chi connectivity index (χ1n) is 10.3. The molecule has 0 spiro atoms. The molecule has 1 heterocycles. The van der Waals surface area contributed by atoms with E-state index in [1.54, 1.807) is 12.1 Å². The van der Waals surface area contributed by atoms with Crippen molar-refractivity contribution < 1.29 is 19.0 Å². The largest absolute Gasteiger partial charge is 0.492 e. The number of ether oxygens (including phenoxy) is 3. The highest BCUT2D eigenvalue weighted by Gasteiger charge is 2.18. The predicted octanol–water partition coefficient (Wildman–Crippen LogP) is 5.17. The molecule has 2 aromatic rings. The number of benzene rings is 2. The number of thiocarbonyl (C=S) groups is 1. The van der Waals surface area contributed by atoms with Gasteiger partial charge in [0.1, 0.15) is 18.1 Å². The molecule has 1 aliphatic heterocycles. The van der Waals surface area contributed by atoms with Crippen molar-refractivity contribution >= 4 is 44.9 Å². The number of nitrogens with one attached hydrogen (secondary N) is 2. The Morgan fingerprint density at radius 1 is 1.23 bits per heavy atom. The molecule has 1 unspecified atom stereocenters. The minimum Gasteiger partial charge on any atom is -0.492 e. The molecule has 2 aromatic carbocycles. The molecule has 6 nitrogen and oxygen atoms in total. The summed E-state index contributed by atoms with van der Waals surface area (Å²) in [4.78, 5) is 12.9.